The van der Waals surface area contributed by atoms with Crippen molar-refractivity contribution < 1.29 is 22.3 Å². The summed E-state index contributed by atoms with van der Waals surface area (Å²) in [6.45, 7) is 6.83. The van der Waals surface area contributed by atoms with Crippen molar-refractivity contribution in [3.63, 3.8) is 0 Å². The van der Waals surface area contributed by atoms with Gasteiger partial charge in [-0.25, -0.2) is 22.3 Å². The van der Waals surface area contributed by atoms with E-state index in [2.05, 4.69) is 4.72 Å². The molecule has 146 valence electrons. The molecule has 0 aromatic heterocycles. The van der Waals surface area contributed by atoms with Gasteiger partial charge in [0.2, 0.25) is 10.0 Å². The number of hydrogen-bond acceptors (Lipinski definition) is 4. The zero-order valence-electron chi connectivity index (χ0n) is 15.5. The van der Waals surface area contributed by atoms with Gasteiger partial charge in [0.1, 0.15) is 11.4 Å². The van der Waals surface area contributed by atoms with Gasteiger partial charge in [0.25, 0.3) is 0 Å². The Hall–Kier alpha value is -1.67. The van der Waals surface area contributed by atoms with Gasteiger partial charge in [-0.05, 0) is 45.6 Å². The summed E-state index contributed by atoms with van der Waals surface area (Å²) in [6.07, 6.45) is 1.05. The van der Waals surface area contributed by atoms with E-state index in [1.807, 2.05) is 20.8 Å². The minimum absolute atomic E-state index is 0.143. The minimum Gasteiger partial charge on any atom is -0.444 e. The molecule has 8 heteroatoms. The number of carbonyl (C=O) groups excluding carboxylic acids is 1. The van der Waals surface area contributed by atoms with Crippen LogP contribution in [-0.2, 0) is 20.5 Å². The lowest BCUT2D eigenvalue weighted by molar-refractivity contribution is 0.0185. The molecule has 1 aromatic carbocycles. The molecule has 1 heterocycles. The highest BCUT2D eigenvalue weighted by molar-refractivity contribution is 7.88. The Kier molecular flexibility index (Phi) is 6.63. The Balaban J connectivity index is 1.79. The van der Waals surface area contributed by atoms with Crippen molar-refractivity contribution in [2.75, 3.05) is 19.6 Å². The fourth-order valence-electron chi connectivity index (χ4n) is 2.76. The molecule has 26 heavy (non-hydrogen) atoms. The summed E-state index contributed by atoms with van der Waals surface area (Å²) in [7, 11) is -3.61. The number of carbonyl (C=O) groups is 1. The summed E-state index contributed by atoms with van der Waals surface area (Å²) in [4.78, 5) is 13.7. The Morgan fingerprint density at radius 2 is 1.88 bits per heavy atom. The standard InChI is InChI=1S/C18H27FN2O4S/c1-18(2,3)25-17(22)21-10-8-14(9-11-21)12-20-26(23,24)13-15-6-4-5-7-16(15)19/h4-7,14,20H,8-13H2,1-3H3. The number of piperidine rings is 1. The Morgan fingerprint density at radius 3 is 2.46 bits per heavy atom. The van der Waals surface area contributed by atoms with Crippen LogP contribution in [0.3, 0.4) is 0 Å². The molecule has 1 amide bonds. The minimum atomic E-state index is -3.61. The van der Waals surface area contributed by atoms with Gasteiger partial charge in [-0.1, -0.05) is 18.2 Å². The van der Waals surface area contributed by atoms with E-state index in [1.165, 1.54) is 18.2 Å². The summed E-state index contributed by atoms with van der Waals surface area (Å²) >= 11 is 0. The van der Waals surface area contributed by atoms with E-state index in [1.54, 1.807) is 11.0 Å². The van der Waals surface area contributed by atoms with Crippen molar-refractivity contribution in [1.82, 2.24) is 9.62 Å². The third kappa shape index (κ3) is 6.57. The lowest BCUT2D eigenvalue weighted by Crippen LogP contribution is -2.43. The van der Waals surface area contributed by atoms with Crippen molar-refractivity contribution in [2.24, 2.45) is 5.92 Å². The fraction of sp³-hybridized carbons (Fsp3) is 0.611. The number of benzene rings is 1. The molecule has 0 unspecified atom stereocenters. The van der Waals surface area contributed by atoms with Crippen LogP contribution in [-0.4, -0.2) is 44.6 Å². The number of halogens is 1. The van der Waals surface area contributed by atoms with E-state index >= 15 is 0 Å². The highest BCUT2D eigenvalue weighted by Crippen LogP contribution is 2.19. The molecule has 0 aliphatic carbocycles. The van der Waals surface area contributed by atoms with Gasteiger partial charge >= 0.3 is 6.09 Å². The predicted molar refractivity (Wildman–Crippen MR) is 97.6 cm³/mol. The molecule has 2 rings (SSSR count). The lowest BCUT2D eigenvalue weighted by Gasteiger charge is -2.33. The van der Waals surface area contributed by atoms with E-state index in [9.17, 15) is 17.6 Å². The molecular weight excluding hydrogens is 359 g/mol. The maximum atomic E-state index is 13.6. The Bertz CT molecular complexity index is 723. The fourth-order valence-corrected chi connectivity index (χ4v) is 4.00. The molecule has 1 aliphatic heterocycles. The van der Waals surface area contributed by atoms with E-state index in [0.717, 1.165) is 0 Å². The Labute approximate surface area is 154 Å². The third-order valence-corrected chi connectivity index (χ3v) is 5.46. The number of rotatable bonds is 5. The topological polar surface area (TPSA) is 75.7 Å². The smallest absolute Gasteiger partial charge is 0.410 e. The summed E-state index contributed by atoms with van der Waals surface area (Å²) in [5, 5.41) is 0. The molecule has 0 saturated carbocycles. The summed E-state index contributed by atoms with van der Waals surface area (Å²) in [5.74, 6) is -0.760. The van der Waals surface area contributed by atoms with Crippen LogP contribution in [0.4, 0.5) is 9.18 Å². The second-order valence-electron chi connectivity index (χ2n) is 7.61. The maximum Gasteiger partial charge on any atom is 0.410 e. The molecule has 6 nitrogen and oxygen atoms in total. The number of nitrogens with one attached hydrogen (secondary N) is 1. The number of sulfonamides is 1. The van der Waals surface area contributed by atoms with E-state index in [0.29, 0.717) is 32.5 Å². The average Bonchev–Trinajstić information content (AvgIpc) is 2.54. The monoisotopic (exact) mass is 386 g/mol. The van der Waals surface area contributed by atoms with Gasteiger partial charge in [-0.15, -0.1) is 0 Å². The van der Waals surface area contributed by atoms with Gasteiger partial charge in [0.05, 0.1) is 5.75 Å². The normalized spacial score (nSPS) is 16.5. The molecule has 0 bridgehead atoms. The van der Waals surface area contributed by atoms with Crippen molar-refractivity contribution in [2.45, 2.75) is 45.0 Å². The van der Waals surface area contributed by atoms with E-state index < -0.39 is 21.4 Å². The van der Waals surface area contributed by atoms with Crippen LogP contribution in [0.5, 0.6) is 0 Å². The molecular formula is C18H27FN2O4S. The zero-order valence-corrected chi connectivity index (χ0v) is 16.3. The van der Waals surface area contributed by atoms with Crippen molar-refractivity contribution in [3.05, 3.63) is 35.6 Å². The second kappa shape index (κ2) is 8.35. The van der Waals surface area contributed by atoms with Crippen LogP contribution in [0.25, 0.3) is 0 Å². The van der Waals surface area contributed by atoms with Gasteiger partial charge in [0, 0.05) is 25.2 Å². The van der Waals surface area contributed by atoms with Gasteiger partial charge < -0.3 is 9.64 Å². The first-order valence-electron chi connectivity index (χ1n) is 8.74. The third-order valence-electron chi connectivity index (χ3n) is 4.16. The first-order valence-corrected chi connectivity index (χ1v) is 10.4. The first-order chi connectivity index (χ1) is 12.1. The molecule has 1 fully saturated rings. The summed E-state index contributed by atoms with van der Waals surface area (Å²) in [5.41, 5.74) is -0.379. The van der Waals surface area contributed by atoms with Crippen LogP contribution in [0.15, 0.2) is 24.3 Å². The predicted octanol–water partition coefficient (Wildman–Crippen LogP) is 2.89. The number of nitrogens with zero attached hydrogens (tertiary/aromatic N) is 1. The maximum absolute atomic E-state index is 13.6. The molecule has 1 N–H and O–H groups in total. The van der Waals surface area contributed by atoms with Crippen LogP contribution in [0.2, 0.25) is 0 Å². The van der Waals surface area contributed by atoms with Gasteiger partial charge in [0.15, 0.2) is 0 Å². The quantitative estimate of drug-likeness (QED) is 0.844. The molecule has 1 saturated heterocycles. The number of hydrogen-bond donors (Lipinski definition) is 1. The first kappa shape index (κ1) is 20.6. The number of ether oxygens (including phenoxy) is 1. The van der Waals surface area contributed by atoms with Crippen molar-refractivity contribution in [1.29, 1.82) is 0 Å². The summed E-state index contributed by atoms with van der Waals surface area (Å²) < 4.78 is 45.8. The molecule has 1 aromatic rings. The summed E-state index contributed by atoms with van der Waals surface area (Å²) in [6, 6.07) is 5.85. The average molecular weight is 386 g/mol. The van der Waals surface area contributed by atoms with E-state index in [4.69, 9.17) is 4.74 Å². The highest BCUT2D eigenvalue weighted by Gasteiger charge is 2.27. The van der Waals surface area contributed by atoms with Gasteiger partial charge in [-0.2, -0.15) is 0 Å². The lowest BCUT2D eigenvalue weighted by atomic mass is 9.97. The zero-order chi connectivity index (χ0) is 19.4. The van der Waals surface area contributed by atoms with Crippen LogP contribution >= 0.6 is 0 Å². The van der Waals surface area contributed by atoms with Gasteiger partial charge in [-0.3, -0.25) is 0 Å². The molecule has 0 spiro atoms. The molecule has 1 aliphatic rings. The molecule has 0 atom stereocenters. The van der Waals surface area contributed by atoms with E-state index in [-0.39, 0.29) is 23.3 Å². The molecule has 0 radical (unpaired) electrons. The number of amides is 1. The van der Waals surface area contributed by atoms with Crippen LogP contribution in [0.1, 0.15) is 39.2 Å². The van der Waals surface area contributed by atoms with Crippen LogP contribution < -0.4 is 4.72 Å². The highest BCUT2D eigenvalue weighted by atomic mass is 32.2. The Morgan fingerprint density at radius 1 is 1.27 bits per heavy atom. The largest absolute Gasteiger partial charge is 0.444 e. The second-order valence-corrected chi connectivity index (χ2v) is 9.42. The van der Waals surface area contributed by atoms with Crippen molar-refractivity contribution >= 4 is 16.1 Å². The van der Waals surface area contributed by atoms with Crippen LogP contribution in [0, 0.1) is 11.7 Å². The SMILES string of the molecule is CC(C)(C)OC(=O)N1CCC(CNS(=O)(=O)Cc2ccccc2F)CC1. The number of likely N-dealkylation sites (tertiary alicyclic amines) is 1. The van der Waals surface area contributed by atoms with Crippen molar-refractivity contribution in [3.8, 4) is 0 Å².